The lowest BCUT2D eigenvalue weighted by Gasteiger charge is -2.09. The van der Waals surface area contributed by atoms with Gasteiger partial charge in [0.1, 0.15) is 0 Å². The summed E-state index contributed by atoms with van der Waals surface area (Å²) in [5, 5.41) is 9.00. The van der Waals surface area contributed by atoms with Crippen LogP contribution in [0.25, 0.3) is 11.1 Å². The third-order valence-electron chi connectivity index (χ3n) is 2.57. The first kappa shape index (κ1) is 13.1. The SMILES string of the molecule is O=C(O)c1ccncc1-c1ccc(C(F)(F)F)cc1. The van der Waals surface area contributed by atoms with Crippen molar-refractivity contribution < 1.29 is 23.1 Å². The monoisotopic (exact) mass is 267 g/mol. The summed E-state index contributed by atoms with van der Waals surface area (Å²) in [6.07, 6.45) is -1.79. The maximum atomic E-state index is 12.4. The smallest absolute Gasteiger partial charge is 0.416 e. The van der Waals surface area contributed by atoms with E-state index >= 15 is 0 Å². The average molecular weight is 267 g/mol. The molecular formula is C13H8F3NO2. The molecule has 6 heteroatoms. The molecule has 0 spiro atoms. The van der Waals surface area contributed by atoms with Crippen molar-refractivity contribution in [3.05, 3.63) is 53.9 Å². The number of hydrogen-bond donors (Lipinski definition) is 1. The molecule has 2 aromatic rings. The predicted molar refractivity (Wildman–Crippen MR) is 61.6 cm³/mol. The van der Waals surface area contributed by atoms with Gasteiger partial charge in [-0.3, -0.25) is 4.98 Å². The standard InChI is InChI=1S/C13H8F3NO2/c14-13(15,16)9-3-1-8(2-4-9)11-7-17-6-5-10(11)12(18)19/h1-7H,(H,18,19). The summed E-state index contributed by atoms with van der Waals surface area (Å²) in [7, 11) is 0. The van der Waals surface area contributed by atoms with Gasteiger partial charge in [0.25, 0.3) is 0 Å². The second-order valence-electron chi connectivity index (χ2n) is 3.80. The fraction of sp³-hybridized carbons (Fsp3) is 0.0769. The highest BCUT2D eigenvalue weighted by molar-refractivity contribution is 5.95. The minimum Gasteiger partial charge on any atom is -0.478 e. The van der Waals surface area contributed by atoms with Crippen molar-refractivity contribution in [2.75, 3.05) is 0 Å². The molecule has 0 fully saturated rings. The molecule has 0 bridgehead atoms. The number of alkyl halides is 3. The Morgan fingerprint density at radius 3 is 2.26 bits per heavy atom. The minimum atomic E-state index is -4.41. The number of benzene rings is 1. The number of nitrogens with zero attached hydrogens (tertiary/aromatic N) is 1. The van der Waals surface area contributed by atoms with Gasteiger partial charge in [-0.25, -0.2) is 4.79 Å². The molecule has 2 rings (SSSR count). The first-order valence-corrected chi connectivity index (χ1v) is 5.24. The highest BCUT2D eigenvalue weighted by Gasteiger charge is 2.30. The molecule has 1 heterocycles. The maximum absolute atomic E-state index is 12.4. The first-order valence-electron chi connectivity index (χ1n) is 5.24. The van der Waals surface area contributed by atoms with Gasteiger partial charge in [-0.15, -0.1) is 0 Å². The van der Waals surface area contributed by atoms with Gasteiger partial charge in [0, 0.05) is 18.0 Å². The number of carboxylic acid groups (broad SMARTS) is 1. The Morgan fingerprint density at radius 1 is 1.11 bits per heavy atom. The van der Waals surface area contributed by atoms with Crippen LogP contribution in [0.15, 0.2) is 42.7 Å². The number of halogens is 3. The normalized spacial score (nSPS) is 11.3. The first-order chi connectivity index (χ1) is 8.89. The van der Waals surface area contributed by atoms with E-state index in [4.69, 9.17) is 5.11 Å². The fourth-order valence-corrected chi connectivity index (χ4v) is 1.65. The predicted octanol–water partition coefficient (Wildman–Crippen LogP) is 3.47. The molecule has 0 saturated heterocycles. The van der Waals surface area contributed by atoms with E-state index in [2.05, 4.69) is 4.98 Å². The van der Waals surface area contributed by atoms with Gasteiger partial charge in [0.2, 0.25) is 0 Å². The Hall–Kier alpha value is -2.37. The molecular weight excluding hydrogens is 259 g/mol. The zero-order valence-corrected chi connectivity index (χ0v) is 9.48. The molecule has 0 saturated carbocycles. The largest absolute Gasteiger partial charge is 0.478 e. The van der Waals surface area contributed by atoms with Crippen LogP contribution in [0.3, 0.4) is 0 Å². The number of carboxylic acids is 1. The van der Waals surface area contributed by atoms with Crippen molar-refractivity contribution >= 4 is 5.97 Å². The highest BCUT2D eigenvalue weighted by atomic mass is 19.4. The summed E-state index contributed by atoms with van der Waals surface area (Å²) < 4.78 is 37.3. The van der Waals surface area contributed by atoms with Gasteiger partial charge >= 0.3 is 12.1 Å². The molecule has 1 aromatic carbocycles. The summed E-state index contributed by atoms with van der Waals surface area (Å²) in [5.74, 6) is -1.16. The lowest BCUT2D eigenvalue weighted by atomic mass is 10.0. The molecule has 0 radical (unpaired) electrons. The van der Waals surface area contributed by atoms with E-state index in [1.54, 1.807) is 0 Å². The molecule has 0 aliphatic rings. The molecule has 1 aromatic heterocycles. The summed E-state index contributed by atoms with van der Waals surface area (Å²) in [5.41, 5.74) is -0.131. The van der Waals surface area contributed by atoms with Gasteiger partial charge in [-0.05, 0) is 23.8 Å². The van der Waals surface area contributed by atoms with Crippen LogP contribution >= 0.6 is 0 Å². The molecule has 0 unspecified atom stereocenters. The molecule has 0 atom stereocenters. The number of carbonyl (C=O) groups is 1. The molecule has 0 aliphatic carbocycles. The van der Waals surface area contributed by atoms with Crippen LogP contribution in [-0.4, -0.2) is 16.1 Å². The van der Waals surface area contributed by atoms with Crippen molar-refractivity contribution in [2.45, 2.75) is 6.18 Å². The lowest BCUT2D eigenvalue weighted by Crippen LogP contribution is -2.04. The topological polar surface area (TPSA) is 50.2 Å². The maximum Gasteiger partial charge on any atom is 0.416 e. The summed E-state index contributed by atoms with van der Waals surface area (Å²) in [6, 6.07) is 5.58. The van der Waals surface area contributed by atoms with E-state index in [-0.39, 0.29) is 11.1 Å². The molecule has 19 heavy (non-hydrogen) atoms. The van der Waals surface area contributed by atoms with Crippen LogP contribution < -0.4 is 0 Å². The molecule has 0 aliphatic heterocycles. The van der Waals surface area contributed by atoms with Gasteiger partial charge in [0.05, 0.1) is 11.1 Å². The zero-order valence-electron chi connectivity index (χ0n) is 9.48. The third kappa shape index (κ3) is 2.73. The zero-order chi connectivity index (χ0) is 14.0. The van der Waals surface area contributed by atoms with E-state index in [1.807, 2.05) is 0 Å². The number of aromatic nitrogens is 1. The van der Waals surface area contributed by atoms with Crippen LogP contribution in [0, 0.1) is 0 Å². The Morgan fingerprint density at radius 2 is 1.74 bits per heavy atom. The van der Waals surface area contributed by atoms with Crippen LogP contribution in [-0.2, 0) is 6.18 Å². The second kappa shape index (κ2) is 4.72. The summed E-state index contributed by atoms with van der Waals surface area (Å²) in [6.45, 7) is 0. The average Bonchev–Trinajstić information content (AvgIpc) is 2.38. The van der Waals surface area contributed by atoms with E-state index in [1.165, 1.54) is 30.6 Å². The van der Waals surface area contributed by atoms with Crippen molar-refractivity contribution in [3.8, 4) is 11.1 Å². The van der Waals surface area contributed by atoms with Crippen LogP contribution in [0.2, 0.25) is 0 Å². The van der Waals surface area contributed by atoms with Gasteiger partial charge in [-0.2, -0.15) is 13.2 Å². The lowest BCUT2D eigenvalue weighted by molar-refractivity contribution is -0.137. The summed E-state index contributed by atoms with van der Waals surface area (Å²) in [4.78, 5) is 14.8. The van der Waals surface area contributed by atoms with Gasteiger partial charge < -0.3 is 5.11 Å². The van der Waals surface area contributed by atoms with Gasteiger partial charge in [0.15, 0.2) is 0 Å². The van der Waals surface area contributed by atoms with Crippen LogP contribution in [0.5, 0.6) is 0 Å². The quantitative estimate of drug-likeness (QED) is 0.906. The Balaban J connectivity index is 2.46. The van der Waals surface area contributed by atoms with E-state index in [0.717, 1.165) is 12.1 Å². The molecule has 0 amide bonds. The van der Waals surface area contributed by atoms with Crippen molar-refractivity contribution in [2.24, 2.45) is 0 Å². The Bertz CT molecular complexity index is 606. The summed E-state index contributed by atoms with van der Waals surface area (Å²) >= 11 is 0. The van der Waals surface area contributed by atoms with Crippen LogP contribution in [0.4, 0.5) is 13.2 Å². The molecule has 3 nitrogen and oxygen atoms in total. The minimum absolute atomic E-state index is 0.00485. The van der Waals surface area contributed by atoms with Crippen molar-refractivity contribution in [1.29, 1.82) is 0 Å². The second-order valence-corrected chi connectivity index (χ2v) is 3.80. The van der Waals surface area contributed by atoms with Crippen molar-refractivity contribution in [1.82, 2.24) is 4.98 Å². The van der Waals surface area contributed by atoms with Gasteiger partial charge in [-0.1, -0.05) is 12.1 Å². The number of aromatic carboxylic acids is 1. The third-order valence-corrected chi connectivity index (χ3v) is 2.57. The Labute approximate surface area is 106 Å². The van der Waals surface area contributed by atoms with E-state index in [9.17, 15) is 18.0 Å². The Kier molecular flexibility index (Phi) is 3.25. The number of rotatable bonds is 2. The molecule has 1 N–H and O–H groups in total. The van der Waals surface area contributed by atoms with Crippen molar-refractivity contribution in [3.63, 3.8) is 0 Å². The highest BCUT2D eigenvalue weighted by Crippen LogP contribution is 2.31. The number of pyridine rings is 1. The van der Waals surface area contributed by atoms with E-state index < -0.39 is 17.7 Å². The molecule has 98 valence electrons. The number of hydrogen-bond acceptors (Lipinski definition) is 2. The van der Waals surface area contributed by atoms with E-state index in [0.29, 0.717) is 5.56 Å². The fourth-order valence-electron chi connectivity index (χ4n) is 1.65. The van der Waals surface area contributed by atoms with Crippen LogP contribution in [0.1, 0.15) is 15.9 Å².